The van der Waals surface area contributed by atoms with Gasteiger partial charge in [-0.25, -0.2) is 5.01 Å². The van der Waals surface area contributed by atoms with Crippen LogP contribution in [0.15, 0.2) is 0 Å². The fourth-order valence-electron chi connectivity index (χ4n) is 5.16. The van der Waals surface area contributed by atoms with Gasteiger partial charge in [0.1, 0.15) is 0 Å². The van der Waals surface area contributed by atoms with Gasteiger partial charge in [0.25, 0.3) is 0 Å². The van der Waals surface area contributed by atoms with Crippen molar-refractivity contribution >= 4 is 0 Å². The van der Waals surface area contributed by atoms with Crippen molar-refractivity contribution in [2.24, 2.45) is 35.4 Å². The van der Waals surface area contributed by atoms with Crippen molar-refractivity contribution in [2.75, 3.05) is 45.8 Å². The third kappa shape index (κ3) is 2.31. The van der Waals surface area contributed by atoms with E-state index in [0.29, 0.717) is 24.9 Å². The Hall–Kier alpha value is -0.230. The summed E-state index contributed by atoms with van der Waals surface area (Å²) in [6.07, 6.45) is 2.72. The van der Waals surface area contributed by atoms with E-state index in [4.69, 9.17) is 5.84 Å². The monoisotopic (exact) mass is 268 g/mol. The topological polar surface area (TPSA) is 35.7 Å². The molecule has 3 heterocycles. The van der Waals surface area contributed by atoms with Gasteiger partial charge < -0.3 is 4.90 Å². The van der Waals surface area contributed by atoms with Crippen molar-refractivity contribution in [3.8, 4) is 0 Å². The van der Waals surface area contributed by atoms with Gasteiger partial charge in [-0.05, 0) is 42.4 Å². The molecule has 0 amide bonds. The lowest BCUT2D eigenvalue weighted by molar-refractivity contribution is 0.0411. The molecule has 0 aromatic carbocycles. The average Bonchev–Trinajstić information content (AvgIpc) is 2.97. The molecule has 4 rings (SSSR count). The number of hydrogen-bond donors (Lipinski definition) is 1. The highest BCUT2D eigenvalue weighted by Crippen LogP contribution is 2.42. The van der Waals surface area contributed by atoms with Crippen molar-refractivity contribution < 1.29 is 4.48 Å². The SMILES string of the molecule is NN1C[C@H]2C[C@@H](CN3CC4CN(F)CC4C3)C[C@H]2C1. The van der Waals surface area contributed by atoms with Crippen LogP contribution in [-0.2, 0) is 0 Å². The molecule has 3 saturated heterocycles. The van der Waals surface area contributed by atoms with Crippen molar-refractivity contribution in [1.82, 2.24) is 15.0 Å². The van der Waals surface area contributed by atoms with E-state index in [0.717, 1.165) is 49.1 Å². The fourth-order valence-corrected chi connectivity index (χ4v) is 5.16. The molecule has 2 unspecified atom stereocenters. The first-order valence-corrected chi connectivity index (χ1v) is 7.80. The van der Waals surface area contributed by atoms with Crippen molar-refractivity contribution in [1.29, 1.82) is 0 Å². The largest absolute Gasteiger partial charge is 0.302 e. The van der Waals surface area contributed by atoms with E-state index in [1.165, 1.54) is 19.4 Å². The molecule has 4 fully saturated rings. The molecular formula is C14H25FN4. The summed E-state index contributed by atoms with van der Waals surface area (Å²) in [5.74, 6) is 9.62. The first-order valence-electron chi connectivity index (χ1n) is 7.80. The number of nitrogens with two attached hydrogens (primary N) is 1. The van der Waals surface area contributed by atoms with Crippen LogP contribution in [0, 0.1) is 29.6 Å². The summed E-state index contributed by atoms with van der Waals surface area (Å²) >= 11 is 0. The Morgan fingerprint density at radius 3 is 2.00 bits per heavy atom. The van der Waals surface area contributed by atoms with Gasteiger partial charge in [0.2, 0.25) is 0 Å². The summed E-state index contributed by atoms with van der Waals surface area (Å²) in [5.41, 5.74) is 0. The van der Waals surface area contributed by atoms with Gasteiger partial charge >= 0.3 is 0 Å². The number of rotatable bonds is 2. The molecule has 0 bridgehead atoms. The Morgan fingerprint density at radius 1 is 0.842 bits per heavy atom. The number of hydrogen-bond acceptors (Lipinski definition) is 4. The average molecular weight is 268 g/mol. The van der Waals surface area contributed by atoms with Crippen LogP contribution in [0.3, 0.4) is 0 Å². The zero-order valence-corrected chi connectivity index (χ0v) is 11.5. The second-order valence-electron chi connectivity index (χ2n) is 7.38. The van der Waals surface area contributed by atoms with E-state index in [1.54, 1.807) is 0 Å². The zero-order chi connectivity index (χ0) is 13.0. The number of likely N-dealkylation sites (tertiary alicyclic amines) is 1. The lowest BCUT2D eigenvalue weighted by atomic mass is 10.0. The van der Waals surface area contributed by atoms with Crippen molar-refractivity contribution in [3.63, 3.8) is 0 Å². The Bertz CT molecular complexity index is 292. The quantitative estimate of drug-likeness (QED) is 0.586. The summed E-state index contributed by atoms with van der Waals surface area (Å²) < 4.78 is 13.2. The predicted octanol–water partition coefficient (Wildman–Crippen LogP) is 0.566. The van der Waals surface area contributed by atoms with Crippen LogP contribution in [0.4, 0.5) is 4.48 Å². The van der Waals surface area contributed by atoms with E-state index in [2.05, 4.69) is 4.90 Å². The Kier molecular flexibility index (Phi) is 3.06. The highest BCUT2D eigenvalue weighted by molar-refractivity contribution is 4.95. The number of halogens is 1. The van der Waals surface area contributed by atoms with Crippen LogP contribution in [0.25, 0.3) is 0 Å². The summed E-state index contributed by atoms with van der Waals surface area (Å²) in [4.78, 5) is 2.61. The van der Waals surface area contributed by atoms with Crippen LogP contribution in [0.2, 0.25) is 0 Å². The second-order valence-corrected chi connectivity index (χ2v) is 7.38. The molecule has 4 nitrogen and oxygen atoms in total. The maximum Gasteiger partial charge on any atom is 0.0334 e. The molecule has 108 valence electrons. The van der Waals surface area contributed by atoms with Crippen molar-refractivity contribution in [2.45, 2.75) is 12.8 Å². The minimum absolute atomic E-state index is 0.588. The first-order chi connectivity index (χ1) is 9.17. The molecule has 5 atom stereocenters. The minimum Gasteiger partial charge on any atom is -0.302 e. The standard InChI is InChI=1S/C14H25FN4/c15-18-6-13-4-17(5-14(13)7-18)3-10-1-11-8-19(16)9-12(11)2-10/h10-14H,1-9,16H2/t10-,11-,12+,13?,14?. The number of hydrazine groups is 1. The number of fused-ring (bicyclic) bond motifs is 2. The molecule has 0 spiro atoms. The van der Waals surface area contributed by atoms with Crippen molar-refractivity contribution in [3.05, 3.63) is 0 Å². The molecular weight excluding hydrogens is 243 g/mol. The van der Waals surface area contributed by atoms with Crippen LogP contribution in [0.1, 0.15) is 12.8 Å². The molecule has 0 aromatic rings. The summed E-state index contributed by atoms with van der Waals surface area (Å²) in [6.45, 7) is 7.03. The normalized spacial score (nSPS) is 48.0. The van der Waals surface area contributed by atoms with E-state index >= 15 is 0 Å². The third-order valence-electron chi connectivity index (χ3n) is 5.91. The van der Waals surface area contributed by atoms with Gasteiger partial charge in [-0.3, -0.25) is 5.84 Å². The predicted molar refractivity (Wildman–Crippen MR) is 71.6 cm³/mol. The highest BCUT2D eigenvalue weighted by Gasteiger charge is 2.43. The molecule has 3 aliphatic heterocycles. The molecule has 1 aliphatic carbocycles. The molecule has 4 aliphatic rings. The van der Waals surface area contributed by atoms with Gasteiger partial charge in [0, 0.05) is 45.8 Å². The lowest BCUT2D eigenvalue weighted by Gasteiger charge is -2.23. The molecule has 19 heavy (non-hydrogen) atoms. The van der Waals surface area contributed by atoms with E-state index in [9.17, 15) is 4.48 Å². The molecule has 0 radical (unpaired) electrons. The molecule has 5 heteroatoms. The zero-order valence-electron chi connectivity index (χ0n) is 11.5. The maximum atomic E-state index is 13.2. The van der Waals surface area contributed by atoms with Gasteiger partial charge in [-0.2, -0.15) is 0 Å². The first kappa shape index (κ1) is 12.5. The van der Waals surface area contributed by atoms with Crippen LogP contribution in [0.5, 0.6) is 0 Å². The van der Waals surface area contributed by atoms with Crippen LogP contribution in [-0.4, -0.2) is 60.8 Å². The Morgan fingerprint density at radius 2 is 1.42 bits per heavy atom. The van der Waals surface area contributed by atoms with Crippen LogP contribution < -0.4 is 5.84 Å². The van der Waals surface area contributed by atoms with E-state index in [-0.39, 0.29) is 0 Å². The summed E-state index contributed by atoms with van der Waals surface area (Å²) in [7, 11) is 0. The van der Waals surface area contributed by atoms with E-state index < -0.39 is 0 Å². The van der Waals surface area contributed by atoms with Crippen LogP contribution >= 0.6 is 0 Å². The lowest BCUT2D eigenvalue weighted by Crippen LogP contribution is -2.32. The maximum absolute atomic E-state index is 13.2. The van der Waals surface area contributed by atoms with Gasteiger partial charge in [-0.15, -0.1) is 9.60 Å². The smallest absolute Gasteiger partial charge is 0.0334 e. The molecule has 1 saturated carbocycles. The third-order valence-corrected chi connectivity index (χ3v) is 5.91. The fraction of sp³-hybridized carbons (Fsp3) is 1.00. The highest BCUT2D eigenvalue weighted by atomic mass is 19.2. The molecule has 0 aromatic heterocycles. The van der Waals surface area contributed by atoms with Gasteiger partial charge in [0.15, 0.2) is 0 Å². The Labute approximate surface area is 114 Å². The second kappa shape index (κ2) is 4.65. The Balaban J connectivity index is 1.28. The van der Waals surface area contributed by atoms with E-state index in [1.807, 2.05) is 5.01 Å². The minimum atomic E-state index is 0.588. The summed E-state index contributed by atoms with van der Waals surface area (Å²) in [5, 5.41) is 3.02. The summed E-state index contributed by atoms with van der Waals surface area (Å²) in [6, 6.07) is 0. The number of nitrogens with zero attached hydrogens (tertiary/aromatic N) is 3. The van der Waals surface area contributed by atoms with Gasteiger partial charge in [-0.1, -0.05) is 0 Å². The van der Waals surface area contributed by atoms with Gasteiger partial charge in [0.05, 0.1) is 0 Å². The molecule has 2 N–H and O–H groups in total.